The molecule has 3 rings (SSSR count). The molecule has 10 heteroatoms. The number of esters is 1. The van der Waals surface area contributed by atoms with Gasteiger partial charge in [-0.3, -0.25) is 9.59 Å². The molecule has 1 atom stereocenters. The molecule has 1 aromatic carbocycles. The summed E-state index contributed by atoms with van der Waals surface area (Å²) in [6, 6.07) is 8.26. The first-order valence-corrected chi connectivity index (χ1v) is 11.7. The van der Waals surface area contributed by atoms with E-state index in [2.05, 4.69) is 10.5 Å². The highest BCUT2D eigenvalue weighted by atomic mass is 32.2. The largest absolute Gasteiger partial charge is 0.452 e. The minimum atomic E-state index is -3.60. The highest BCUT2D eigenvalue weighted by Crippen LogP contribution is 2.25. The lowest BCUT2D eigenvalue weighted by atomic mass is 9.98. The molecule has 1 fully saturated rings. The van der Waals surface area contributed by atoms with Crippen LogP contribution in [0.1, 0.15) is 37.5 Å². The number of sulfonamides is 1. The summed E-state index contributed by atoms with van der Waals surface area (Å²) >= 11 is 0. The van der Waals surface area contributed by atoms with Crippen LogP contribution in [0.3, 0.4) is 0 Å². The Balaban J connectivity index is 1.55. The van der Waals surface area contributed by atoms with Gasteiger partial charge < -0.3 is 14.6 Å². The van der Waals surface area contributed by atoms with E-state index >= 15 is 0 Å². The normalized spacial score (nSPS) is 16.6. The lowest BCUT2D eigenvalue weighted by Gasteiger charge is -2.30. The molecule has 31 heavy (non-hydrogen) atoms. The van der Waals surface area contributed by atoms with Gasteiger partial charge in [0.05, 0.1) is 10.8 Å². The van der Waals surface area contributed by atoms with Crippen molar-refractivity contribution in [3.05, 3.63) is 41.7 Å². The fourth-order valence-corrected chi connectivity index (χ4v) is 4.85. The quantitative estimate of drug-likeness (QED) is 0.646. The number of rotatable bonds is 7. The van der Waals surface area contributed by atoms with Crippen LogP contribution in [0, 0.1) is 19.8 Å². The van der Waals surface area contributed by atoms with Crippen molar-refractivity contribution < 1.29 is 27.3 Å². The lowest BCUT2D eigenvalue weighted by molar-refractivity contribution is -0.159. The average Bonchev–Trinajstić information content (AvgIpc) is 3.16. The third kappa shape index (κ3) is 5.50. The molecule has 0 aliphatic carbocycles. The van der Waals surface area contributed by atoms with Crippen molar-refractivity contribution in [2.45, 2.75) is 51.0 Å². The molecule has 0 unspecified atom stereocenters. The van der Waals surface area contributed by atoms with Crippen LogP contribution in [0.4, 0.5) is 5.82 Å². The van der Waals surface area contributed by atoms with Gasteiger partial charge in [-0.25, -0.2) is 8.42 Å². The summed E-state index contributed by atoms with van der Waals surface area (Å²) < 4.78 is 37.3. The van der Waals surface area contributed by atoms with Gasteiger partial charge in [0.25, 0.3) is 5.91 Å². The first-order chi connectivity index (χ1) is 14.7. The fourth-order valence-electron chi connectivity index (χ4n) is 3.38. The molecule has 1 amide bonds. The highest BCUT2D eigenvalue weighted by molar-refractivity contribution is 7.89. The van der Waals surface area contributed by atoms with Gasteiger partial charge in [-0.2, -0.15) is 4.31 Å². The van der Waals surface area contributed by atoms with Gasteiger partial charge in [0.15, 0.2) is 11.9 Å². The Hall–Kier alpha value is -2.72. The maximum absolute atomic E-state index is 12.8. The second-order valence-electron chi connectivity index (χ2n) is 7.64. The summed E-state index contributed by atoms with van der Waals surface area (Å²) in [4.78, 5) is 25.2. The first kappa shape index (κ1) is 23.0. The molecule has 0 spiro atoms. The number of nitrogens with zero attached hydrogens (tertiary/aromatic N) is 2. The molecule has 1 aromatic heterocycles. The van der Waals surface area contributed by atoms with Crippen molar-refractivity contribution in [2.75, 3.05) is 18.4 Å². The number of hydrogen-bond donors (Lipinski definition) is 1. The third-order valence-electron chi connectivity index (χ3n) is 5.25. The number of aryl methyl sites for hydroxylation is 2. The van der Waals surface area contributed by atoms with E-state index in [0.717, 1.165) is 5.56 Å². The maximum atomic E-state index is 12.8. The predicted octanol–water partition coefficient (Wildman–Crippen LogP) is 2.65. The number of anilines is 1. The van der Waals surface area contributed by atoms with Crippen LogP contribution in [0.2, 0.25) is 0 Å². The van der Waals surface area contributed by atoms with Crippen LogP contribution >= 0.6 is 0 Å². The van der Waals surface area contributed by atoms with Crippen LogP contribution in [-0.4, -0.2) is 48.9 Å². The van der Waals surface area contributed by atoms with Crippen LogP contribution in [0.5, 0.6) is 0 Å². The zero-order valence-corrected chi connectivity index (χ0v) is 18.6. The summed E-state index contributed by atoms with van der Waals surface area (Å²) in [5.41, 5.74) is 0.980. The zero-order valence-electron chi connectivity index (χ0n) is 17.8. The van der Waals surface area contributed by atoms with Gasteiger partial charge in [0.1, 0.15) is 5.76 Å². The van der Waals surface area contributed by atoms with Crippen molar-refractivity contribution in [3.63, 3.8) is 0 Å². The molecule has 9 nitrogen and oxygen atoms in total. The summed E-state index contributed by atoms with van der Waals surface area (Å²) in [5.74, 6) is -0.630. The molecule has 1 saturated heterocycles. The standard InChI is InChI=1S/C21H27N3O6S/c1-4-18(20(25)22-19-13-15(3)30-23-19)29-21(26)16-9-11-24(12-10-16)31(27,28)17-7-5-14(2)6-8-17/h5-8,13,16,18H,4,9-12H2,1-3H3,(H,22,23,25)/t18-/m1/s1. The van der Waals surface area contributed by atoms with E-state index in [9.17, 15) is 18.0 Å². The van der Waals surface area contributed by atoms with Crippen LogP contribution in [0.25, 0.3) is 0 Å². The van der Waals surface area contributed by atoms with E-state index in [0.29, 0.717) is 25.0 Å². The molecule has 2 aromatic rings. The topological polar surface area (TPSA) is 119 Å². The molecule has 0 radical (unpaired) electrons. The van der Waals surface area contributed by atoms with Crippen molar-refractivity contribution in [1.29, 1.82) is 0 Å². The van der Waals surface area contributed by atoms with E-state index < -0.39 is 33.9 Å². The van der Waals surface area contributed by atoms with E-state index in [-0.39, 0.29) is 23.8 Å². The summed E-state index contributed by atoms with van der Waals surface area (Å²) in [6.45, 7) is 5.77. The molecule has 1 N–H and O–H groups in total. The predicted molar refractivity (Wildman–Crippen MR) is 113 cm³/mol. The molecule has 1 aliphatic heterocycles. The Kier molecular flexibility index (Phi) is 7.11. The Morgan fingerprint density at radius 3 is 2.42 bits per heavy atom. The summed E-state index contributed by atoms with van der Waals surface area (Å²) in [5, 5.41) is 6.26. The lowest BCUT2D eigenvalue weighted by Crippen LogP contribution is -2.42. The molecular formula is C21H27N3O6S. The van der Waals surface area contributed by atoms with Gasteiger partial charge in [0, 0.05) is 19.2 Å². The van der Waals surface area contributed by atoms with Gasteiger partial charge >= 0.3 is 5.97 Å². The van der Waals surface area contributed by atoms with Gasteiger partial charge in [-0.05, 0) is 45.2 Å². The number of amides is 1. The summed E-state index contributed by atoms with van der Waals surface area (Å²) in [6.07, 6.45) is 0.0167. The van der Waals surface area contributed by atoms with Crippen LogP contribution < -0.4 is 5.32 Å². The maximum Gasteiger partial charge on any atom is 0.309 e. The molecule has 0 saturated carbocycles. The van der Waals surface area contributed by atoms with Crippen molar-refractivity contribution in [1.82, 2.24) is 9.46 Å². The highest BCUT2D eigenvalue weighted by Gasteiger charge is 2.34. The SMILES string of the molecule is CC[C@@H](OC(=O)C1CCN(S(=O)(=O)c2ccc(C)cc2)CC1)C(=O)Nc1cc(C)on1. The van der Waals surface area contributed by atoms with E-state index in [1.165, 1.54) is 4.31 Å². The second-order valence-corrected chi connectivity index (χ2v) is 9.58. The number of nitrogens with one attached hydrogen (secondary N) is 1. The number of aromatic nitrogens is 1. The minimum absolute atomic E-state index is 0.219. The minimum Gasteiger partial charge on any atom is -0.452 e. The number of carbonyl (C=O) groups excluding carboxylic acids is 2. The summed E-state index contributed by atoms with van der Waals surface area (Å²) in [7, 11) is -3.60. The Bertz CT molecular complexity index is 1020. The van der Waals surface area contributed by atoms with Gasteiger partial charge in [-0.1, -0.05) is 29.8 Å². The van der Waals surface area contributed by atoms with Crippen molar-refractivity contribution in [2.24, 2.45) is 5.92 Å². The number of hydrogen-bond acceptors (Lipinski definition) is 7. The van der Waals surface area contributed by atoms with Gasteiger partial charge in [-0.15, -0.1) is 0 Å². The van der Waals surface area contributed by atoms with Crippen LogP contribution in [0.15, 0.2) is 39.8 Å². The zero-order chi connectivity index (χ0) is 22.6. The molecule has 168 valence electrons. The van der Waals surface area contributed by atoms with E-state index in [1.807, 2.05) is 6.92 Å². The second kappa shape index (κ2) is 9.61. The number of benzene rings is 1. The van der Waals surface area contributed by atoms with E-state index in [4.69, 9.17) is 9.26 Å². The third-order valence-corrected chi connectivity index (χ3v) is 7.16. The molecular weight excluding hydrogens is 422 g/mol. The molecule has 1 aliphatic rings. The monoisotopic (exact) mass is 449 g/mol. The van der Waals surface area contributed by atoms with E-state index in [1.54, 1.807) is 44.2 Å². The molecule has 2 heterocycles. The number of carbonyl (C=O) groups is 2. The Labute approximate surface area is 181 Å². The number of piperidine rings is 1. The molecule has 0 bridgehead atoms. The fraction of sp³-hybridized carbons (Fsp3) is 0.476. The number of ether oxygens (including phenoxy) is 1. The smallest absolute Gasteiger partial charge is 0.309 e. The van der Waals surface area contributed by atoms with Crippen LogP contribution in [-0.2, 0) is 24.3 Å². The van der Waals surface area contributed by atoms with Gasteiger partial charge in [0.2, 0.25) is 10.0 Å². The van der Waals surface area contributed by atoms with Crippen molar-refractivity contribution >= 4 is 27.7 Å². The first-order valence-electron chi connectivity index (χ1n) is 10.2. The van der Waals surface area contributed by atoms with Crippen molar-refractivity contribution in [3.8, 4) is 0 Å². The average molecular weight is 450 g/mol. The Morgan fingerprint density at radius 2 is 1.87 bits per heavy atom. The Morgan fingerprint density at radius 1 is 1.23 bits per heavy atom.